The molecular formula is C65H87CmN3S. The largest absolute Gasteiger partial charge is 0.385 e. The average molecular weight is 1190 g/mol. The van der Waals surface area contributed by atoms with Crippen LogP contribution in [0, 0.1) is 24.8 Å². The van der Waals surface area contributed by atoms with Gasteiger partial charge in [0.25, 0.3) is 0 Å². The Kier molecular flexibility index (Phi) is 25.7. The summed E-state index contributed by atoms with van der Waals surface area (Å²) in [4.78, 5) is 3.42. The van der Waals surface area contributed by atoms with E-state index in [-0.39, 0.29) is 10.8 Å². The third-order valence-electron chi connectivity index (χ3n) is 13.2. The number of hydrogen-bond donors (Lipinski definition) is 2. The van der Waals surface area contributed by atoms with E-state index < -0.39 is 0 Å². The molecule has 0 saturated heterocycles. The van der Waals surface area contributed by atoms with E-state index in [1.807, 2.05) is 19.9 Å². The van der Waals surface area contributed by atoms with Crippen LogP contribution in [-0.2, 0) is 17.4 Å². The number of fused-ring (bicyclic) bond motifs is 2. The van der Waals surface area contributed by atoms with E-state index in [0.29, 0.717) is 0 Å². The Labute approximate surface area is 427 Å². The second-order valence-electron chi connectivity index (χ2n) is 18.9. The fourth-order valence-corrected chi connectivity index (χ4v) is 9.23. The molecule has 2 aliphatic heterocycles. The minimum Gasteiger partial charge on any atom is -0.385 e. The Hall–Kier alpha value is -6.50. The number of thiol groups is 1. The molecule has 0 amide bonds. The number of aryl methyl sites for hydroxylation is 1. The number of hydrogen-bond acceptors (Lipinski definition) is 3. The number of nitrogens with one attached hydrogen (secondary N) is 1. The number of unbranched alkanes of at least 4 members (excludes halogenated alkanes) is 5. The van der Waals surface area contributed by atoms with Gasteiger partial charge in [-0.15, -0.1) is 31.9 Å². The van der Waals surface area contributed by atoms with Crippen molar-refractivity contribution in [3.8, 4) is 11.8 Å². The standard InChI is InChI=1S/C58H69N3S.C3H8.C2H6.C2H4.Cm/c1-10-60-55-34-21-19-32-52(55)58(8,9)56(60)35-24-31-47(30-23-25-44(3)57(6,7)53-41-51(62)39-36-43(53)2)46(5)59-40-22-14-12-11-13-15-26-45(4)61-42-50-29-17-16-27-48(50)37-38-49-28-18-20-33-54(49)61;1-3-2;2*1-2;/h16-17,20-21,23-25,27,29-36,39,41,59,62H,4-5,10-15,18,22,26,28,40,42H2,1-3,6-9H3;3H2,1-2H3;1-2H3;1-2H2;/b30-23+,35-24+,44-25-,47-31-;;;;. The van der Waals surface area contributed by atoms with Gasteiger partial charge in [0.2, 0.25) is 0 Å². The van der Waals surface area contributed by atoms with Gasteiger partial charge in [0.1, 0.15) is 12.2 Å². The maximum absolute atomic E-state index is 4.65. The van der Waals surface area contributed by atoms with Gasteiger partial charge in [-0.1, -0.05) is 184 Å². The molecule has 0 fully saturated rings. The summed E-state index contributed by atoms with van der Waals surface area (Å²) in [5.74, 6) is 6.94. The first kappa shape index (κ1) is 59.6. The Morgan fingerprint density at radius 2 is 1.63 bits per heavy atom. The topological polar surface area (TPSA) is 18.3 Å². The summed E-state index contributed by atoms with van der Waals surface area (Å²) in [5.41, 5.74) is 15.6. The van der Waals surface area contributed by atoms with Crippen LogP contribution in [-0.4, -0.2) is 28.3 Å². The van der Waals surface area contributed by atoms with Crippen molar-refractivity contribution in [2.45, 2.75) is 163 Å². The van der Waals surface area contributed by atoms with Crippen LogP contribution >= 0.6 is 12.6 Å². The van der Waals surface area contributed by atoms with Crippen molar-refractivity contribution in [2.24, 2.45) is 0 Å². The molecule has 0 saturated carbocycles. The fourth-order valence-electron chi connectivity index (χ4n) is 9.03. The smallest absolute Gasteiger partial charge is 0.178 e. The maximum atomic E-state index is 4.65. The number of benzene rings is 3. The van der Waals surface area contributed by atoms with Gasteiger partial charge in [0, 0.05) is 57.4 Å². The van der Waals surface area contributed by atoms with Crippen LogP contribution in [0.15, 0.2) is 174 Å². The van der Waals surface area contributed by atoms with Crippen molar-refractivity contribution >= 4 is 24.0 Å². The molecule has 0 atom stereocenters. The normalized spacial score (nSPS) is 14.8. The molecule has 376 valence electrons. The Balaban J connectivity index is 0.00000200. The van der Waals surface area contributed by atoms with E-state index in [0.717, 1.165) is 73.5 Å². The van der Waals surface area contributed by atoms with Gasteiger partial charge in [-0.25, -0.2) is 4.58 Å². The quantitative estimate of drug-likeness (QED) is 0.0237. The molecule has 5 heteroatoms. The Morgan fingerprint density at radius 3 is 2.34 bits per heavy atom. The first-order valence-corrected chi connectivity index (χ1v) is 26.3. The molecule has 0 bridgehead atoms. The van der Waals surface area contributed by atoms with Gasteiger partial charge < -0.3 is 10.2 Å². The SMILES string of the molecule is C=C.C=C(NCCCCCCCCC(=C)N1Cc2ccccc2C#CC2=C1C=CCC2)C(=C\C=C\C1=[N+](CC)c2cc[c-]cc2C1(C)C)/C=C/C=C(/C)C(C)(C)c1cc(S)ccc1C.CC.CCC.[Cm]. The molecule has 3 aromatic carbocycles. The van der Waals surface area contributed by atoms with Crippen LogP contribution < -0.4 is 5.32 Å². The molecule has 3 aliphatic rings. The monoisotopic (exact) mass is 1180 g/mol. The van der Waals surface area contributed by atoms with Crippen molar-refractivity contribution in [3.05, 3.63) is 203 Å². The van der Waals surface area contributed by atoms with Gasteiger partial charge in [-0.05, 0) is 99.4 Å². The van der Waals surface area contributed by atoms with Gasteiger partial charge in [-0.2, -0.15) is 18.2 Å². The van der Waals surface area contributed by atoms with E-state index in [1.54, 1.807) is 0 Å². The second kappa shape index (κ2) is 30.2. The predicted octanol–water partition coefficient (Wildman–Crippen LogP) is 17.5. The van der Waals surface area contributed by atoms with Crippen LogP contribution in [0.1, 0.15) is 161 Å². The van der Waals surface area contributed by atoms with Gasteiger partial charge >= 0.3 is 0 Å². The first-order valence-electron chi connectivity index (χ1n) is 25.8. The zero-order chi connectivity index (χ0) is 51.0. The zero-order valence-corrected chi connectivity index (χ0v) is 48.9. The summed E-state index contributed by atoms with van der Waals surface area (Å²) in [6.07, 6.45) is 29.3. The molecule has 1 N–H and O–H groups in total. The van der Waals surface area contributed by atoms with E-state index in [1.165, 1.54) is 88.3 Å². The van der Waals surface area contributed by atoms with Crippen LogP contribution in [0.5, 0.6) is 0 Å². The maximum Gasteiger partial charge on any atom is 0.178 e. The molecule has 0 unspecified atom stereocenters. The summed E-state index contributed by atoms with van der Waals surface area (Å²) in [5, 5.41) is 3.68. The molecule has 3 nitrogen and oxygen atoms in total. The Bertz CT molecular complexity index is 2470. The molecule has 70 heavy (non-hydrogen) atoms. The number of rotatable bonds is 19. The van der Waals surface area contributed by atoms with Crippen LogP contribution in [0.4, 0.5) is 5.69 Å². The van der Waals surface area contributed by atoms with Crippen molar-refractivity contribution in [2.75, 3.05) is 13.1 Å². The van der Waals surface area contributed by atoms with E-state index in [2.05, 4.69) is 237 Å². The molecule has 2 heterocycles. The van der Waals surface area contributed by atoms with Crippen LogP contribution in [0.3, 0.4) is 0 Å². The van der Waals surface area contributed by atoms with Crippen molar-refractivity contribution < 1.29 is 4.58 Å². The summed E-state index contributed by atoms with van der Waals surface area (Å²) in [7, 11) is 0. The summed E-state index contributed by atoms with van der Waals surface area (Å²) >= 11 is 4.65. The first-order chi connectivity index (χ1) is 33.2. The summed E-state index contributed by atoms with van der Waals surface area (Å²) in [6, 6.07) is 24.6. The summed E-state index contributed by atoms with van der Waals surface area (Å²) < 4.78 is 2.43. The fraction of sp³-hybridized carbons (Fsp3) is 0.400. The third-order valence-corrected chi connectivity index (χ3v) is 13.5. The van der Waals surface area contributed by atoms with E-state index in [9.17, 15) is 0 Å². The molecule has 0 radical (unpaired) electrons. The molecule has 1 aliphatic carbocycles. The van der Waals surface area contributed by atoms with Crippen molar-refractivity contribution in [1.82, 2.24) is 10.2 Å². The van der Waals surface area contributed by atoms with Gasteiger partial charge in [-0.3, -0.25) is 0 Å². The van der Waals surface area contributed by atoms with Crippen LogP contribution in [0.25, 0.3) is 0 Å². The van der Waals surface area contributed by atoms with Gasteiger partial charge in [0.05, 0.1) is 5.70 Å². The predicted molar refractivity (Wildman–Crippen MR) is 307 cm³/mol. The number of allylic oxidation sites excluding steroid dienone is 11. The average Bonchev–Trinajstić information content (AvgIpc) is 3.57. The molecule has 6 rings (SSSR count). The number of nitrogens with zero attached hydrogens (tertiary/aromatic N) is 2. The zero-order valence-electron chi connectivity index (χ0n) is 45.1. The molecule has 0 spiro atoms. The summed E-state index contributed by atoms with van der Waals surface area (Å²) in [6.45, 7) is 41.9. The van der Waals surface area contributed by atoms with E-state index >= 15 is 0 Å². The third kappa shape index (κ3) is 16.0. The van der Waals surface area contributed by atoms with Crippen molar-refractivity contribution in [3.63, 3.8) is 0 Å². The van der Waals surface area contributed by atoms with Crippen LogP contribution in [0.2, 0.25) is 0 Å². The van der Waals surface area contributed by atoms with E-state index in [4.69, 9.17) is 0 Å². The van der Waals surface area contributed by atoms with Gasteiger partial charge in [0.15, 0.2) is 5.71 Å². The molecule has 3 aromatic rings. The van der Waals surface area contributed by atoms with Crippen molar-refractivity contribution in [1.29, 1.82) is 0 Å². The minimum absolute atomic E-state index is 0. The molecule has 0 aromatic heterocycles. The molecular weight excluding hydrogens is 1100 g/mol. The Morgan fingerprint density at radius 1 is 0.943 bits per heavy atom. The minimum atomic E-state index is -0.135. The second-order valence-corrected chi connectivity index (χ2v) is 19.4.